The van der Waals surface area contributed by atoms with Crippen LogP contribution in [0, 0.1) is 5.82 Å². The van der Waals surface area contributed by atoms with Gasteiger partial charge >= 0.3 is 6.03 Å². The average molecular weight is 375 g/mol. The van der Waals surface area contributed by atoms with Crippen LogP contribution in [0.3, 0.4) is 0 Å². The van der Waals surface area contributed by atoms with Gasteiger partial charge in [0, 0.05) is 25.2 Å². The molecule has 0 aliphatic carbocycles. The number of benzene rings is 1. The Morgan fingerprint density at radius 1 is 1.30 bits per heavy atom. The van der Waals surface area contributed by atoms with Crippen LogP contribution < -0.4 is 15.4 Å². The number of likely N-dealkylation sites (tertiary alicyclic amines) is 1. The summed E-state index contributed by atoms with van der Waals surface area (Å²) in [4.78, 5) is 26.3. The van der Waals surface area contributed by atoms with E-state index in [1.165, 1.54) is 30.7 Å². The molecule has 1 saturated heterocycles. The largest absolute Gasteiger partial charge is 0.492 e. The number of furan rings is 1. The zero-order chi connectivity index (χ0) is 19.2. The van der Waals surface area contributed by atoms with E-state index in [2.05, 4.69) is 10.6 Å². The number of carbonyl (C=O) groups excluding carboxylic acids is 2. The highest BCUT2D eigenvalue weighted by Crippen LogP contribution is 2.25. The van der Waals surface area contributed by atoms with Gasteiger partial charge in [-0.2, -0.15) is 0 Å². The first-order chi connectivity index (χ1) is 13.1. The third-order valence-electron chi connectivity index (χ3n) is 4.38. The van der Waals surface area contributed by atoms with Gasteiger partial charge in [-0.25, -0.2) is 9.18 Å². The Labute approximate surface area is 156 Å². The number of ether oxygens (including phenoxy) is 1. The van der Waals surface area contributed by atoms with Gasteiger partial charge in [-0.1, -0.05) is 0 Å². The molecule has 27 heavy (non-hydrogen) atoms. The summed E-state index contributed by atoms with van der Waals surface area (Å²) in [6.45, 7) is 3.25. The fourth-order valence-corrected chi connectivity index (χ4v) is 3.01. The molecule has 3 rings (SSSR count). The van der Waals surface area contributed by atoms with Crippen LogP contribution in [0.15, 0.2) is 41.2 Å². The van der Waals surface area contributed by atoms with E-state index in [0.717, 1.165) is 0 Å². The summed E-state index contributed by atoms with van der Waals surface area (Å²) in [6.07, 6.45) is 4.20. The van der Waals surface area contributed by atoms with Gasteiger partial charge in [0.25, 0.3) is 5.91 Å². The molecule has 1 fully saturated rings. The van der Waals surface area contributed by atoms with Crippen molar-refractivity contribution in [1.82, 2.24) is 10.2 Å². The molecule has 1 aliphatic rings. The van der Waals surface area contributed by atoms with Crippen LogP contribution in [0.2, 0.25) is 0 Å². The molecule has 7 nitrogen and oxygen atoms in total. The maximum absolute atomic E-state index is 13.3. The maximum Gasteiger partial charge on any atom is 0.319 e. The summed E-state index contributed by atoms with van der Waals surface area (Å²) in [6, 6.07) is 5.17. The minimum atomic E-state index is -0.431. The maximum atomic E-state index is 13.3. The van der Waals surface area contributed by atoms with Crippen LogP contribution in [0.4, 0.5) is 14.9 Å². The molecule has 0 radical (unpaired) electrons. The lowest BCUT2D eigenvalue weighted by atomic mass is 10.0. The number of nitrogens with one attached hydrogen (secondary N) is 2. The normalized spacial score (nSPS) is 14.7. The van der Waals surface area contributed by atoms with E-state index in [0.29, 0.717) is 43.8 Å². The molecule has 0 saturated carbocycles. The Bertz CT molecular complexity index is 786. The van der Waals surface area contributed by atoms with Crippen molar-refractivity contribution in [2.45, 2.75) is 25.8 Å². The highest BCUT2D eigenvalue weighted by atomic mass is 19.1. The number of piperidine rings is 1. The van der Waals surface area contributed by atoms with E-state index < -0.39 is 5.82 Å². The molecule has 2 N–H and O–H groups in total. The first-order valence-electron chi connectivity index (χ1n) is 8.88. The second-order valence-electron chi connectivity index (χ2n) is 6.25. The molecule has 2 aromatic rings. The van der Waals surface area contributed by atoms with Gasteiger partial charge in [-0.3, -0.25) is 4.79 Å². The van der Waals surface area contributed by atoms with Gasteiger partial charge in [-0.15, -0.1) is 0 Å². The van der Waals surface area contributed by atoms with E-state index in [9.17, 15) is 14.0 Å². The molecule has 2 heterocycles. The van der Waals surface area contributed by atoms with Gasteiger partial charge in [0.2, 0.25) is 0 Å². The van der Waals surface area contributed by atoms with Crippen molar-refractivity contribution in [2.75, 3.05) is 25.0 Å². The lowest BCUT2D eigenvalue weighted by molar-refractivity contribution is 0.0708. The van der Waals surface area contributed by atoms with Crippen molar-refractivity contribution in [2.24, 2.45) is 0 Å². The number of urea groups is 1. The summed E-state index contributed by atoms with van der Waals surface area (Å²) < 4.78 is 23.6. The number of amides is 3. The predicted molar refractivity (Wildman–Crippen MR) is 97.4 cm³/mol. The van der Waals surface area contributed by atoms with E-state index in [4.69, 9.17) is 9.15 Å². The van der Waals surface area contributed by atoms with Crippen LogP contribution >= 0.6 is 0 Å². The highest BCUT2D eigenvalue weighted by molar-refractivity contribution is 5.94. The third kappa shape index (κ3) is 4.78. The monoisotopic (exact) mass is 375 g/mol. The van der Waals surface area contributed by atoms with Crippen molar-refractivity contribution in [3.05, 3.63) is 48.2 Å². The van der Waals surface area contributed by atoms with E-state index in [-0.39, 0.29) is 23.7 Å². The van der Waals surface area contributed by atoms with Crippen LogP contribution in [0.1, 0.15) is 30.1 Å². The highest BCUT2D eigenvalue weighted by Gasteiger charge is 2.25. The molecular weight excluding hydrogens is 353 g/mol. The van der Waals surface area contributed by atoms with Crippen LogP contribution in [-0.2, 0) is 0 Å². The molecule has 1 aromatic heterocycles. The van der Waals surface area contributed by atoms with Crippen molar-refractivity contribution in [3.63, 3.8) is 0 Å². The van der Waals surface area contributed by atoms with Gasteiger partial charge in [0.15, 0.2) is 0 Å². The molecule has 0 bridgehead atoms. The zero-order valence-electron chi connectivity index (χ0n) is 15.0. The fraction of sp³-hybridized carbons (Fsp3) is 0.368. The lowest BCUT2D eigenvalue weighted by Gasteiger charge is -2.32. The summed E-state index contributed by atoms with van der Waals surface area (Å²) in [7, 11) is 0. The molecular formula is C19H22FN3O4. The van der Waals surface area contributed by atoms with Gasteiger partial charge in [0.1, 0.15) is 17.8 Å². The van der Waals surface area contributed by atoms with Crippen LogP contribution in [0.25, 0.3) is 0 Å². The SMILES string of the molecule is CCOc1cc(F)ccc1NC(=O)NC1CCN(C(=O)c2ccoc2)CC1. The van der Waals surface area contributed by atoms with E-state index in [1.54, 1.807) is 17.9 Å². The minimum Gasteiger partial charge on any atom is -0.492 e. The lowest BCUT2D eigenvalue weighted by Crippen LogP contribution is -2.47. The number of anilines is 1. The second kappa shape index (κ2) is 8.57. The van der Waals surface area contributed by atoms with Gasteiger partial charge in [0.05, 0.1) is 24.1 Å². The number of rotatable bonds is 5. The van der Waals surface area contributed by atoms with Gasteiger partial charge in [-0.05, 0) is 38.0 Å². The number of hydrogen-bond donors (Lipinski definition) is 2. The molecule has 1 aromatic carbocycles. The van der Waals surface area contributed by atoms with Crippen molar-refractivity contribution < 1.29 is 23.1 Å². The number of hydrogen-bond acceptors (Lipinski definition) is 4. The topological polar surface area (TPSA) is 83.8 Å². The molecule has 8 heteroatoms. The van der Waals surface area contributed by atoms with Crippen LogP contribution in [0.5, 0.6) is 5.75 Å². The average Bonchev–Trinajstić information content (AvgIpc) is 3.19. The Morgan fingerprint density at radius 3 is 2.74 bits per heavy atom. The van der Waals surface area contributed by atoms with Crippen molar-refractivity contribution in [1.29, 1.82) is 0 Å². The number of halogens is 1. The quantitative estimate of drug-likeness (QED) is 0.840. The molecule has 1 aliphatic heterocycles. The standard InChI is InChI=1S/C19H22FN3O4/c1-2-27-17-11-14(20)3-4-16(17)22-19(25)21-15-5-8-23(9-6-15)18(24)13-7-10-26-12-13/h3-4,7,10-12,15H,2,5-6,8-9H2,1H3,(H2,21,22,25). The van der Waals surface area contributed by atoms with Crippen molar-refractivity contribution in [3.8, 4) is 5.75 Å². The first kappa shape index (κ1) is 18.8. The summed E-state index contributed by atoms with van der Waals surface area (Å²) in [5, 5.41) is 5.58. The first-order valence-corrected chi connectivity index (χ1v) is 8.88. The second-order valence-corrected chi connectivity index (χ2v) is 6.25. The number of carbonyl (C=O) groups is 2. The molecule has 0 unspecified atom stereocenters. The summed E-state index contributed by atoms with van der Waals surface area (Å²) >= 11 is 0. The van der Waals surface area contributed by atoms with Crippen LogP contribution in [-0.4, -0.2) is 42.6 Å². The van der Waals surface area contributed by atoms with E-state index >= 15 is 0 Å². The van der Waals surface area contributed by atoms with Crippen molar-refractivity contribution >= 4 is 17.6 Å². The summed E-state index contributed by atoms with van der Waals surface area (Å²) in [5.41, 5.74) is 0.933. The Kier molecular flexibility index (Phi) is 5.95. The molecule has 0 atom stereocenters. The third-order valence-corrected chi connectivity index (χ3v) is 4.38. The molecule has 144 valence electrons. The molecule has 3 amide bonds. The Hall–Kier alpha value is -3.03. The zero-order valence-corrected chi connectivity index (χ0v) is 15.0. The predicted octanol–water partition coefficient (Wildman–Crippen LogP) is 3.24. The fourth-order valence-electron chi connectivity index (χ4n) is 3.01. The Balaban J connectivity index is 1.51. The summed E-state index contributed by atoms with van der Waals surface area (Å²) in [5.74, 6) is -0.216. The Morgan fingerprint density at radius 2 is 2.07 bits per heavy atom. The van der Waals surface area contributed by atoms with Gasteiger partial charge < -0.3 is 24.7 Å². The molecule has 0 spiro atoms. The smallest absolute Gasteiger partial charge is 0.319 e. The number of nitrogens with zero attached hydrogens (tertiary/aromatic N) is 1. The minimum absolute atomic E-state index is 0.0469. The van der Waals surface area contributed by atoms with E-state index in [1.807, 2.05) is 0 Å².